The van der Waals surface area contributed by atoms with E-state index in [-0.39, 0.29) is 0 Å². The van der Waals surface area contributed by atoms with Gasteiger partial charge in [-0.15, -0.1) is 0 Å². The van der Waals surface area contributed by atoms with Crippen molar-refractivity contribution in [1.82, 2.24) is 4.90 Å². The Morgan fingerprint density at radius 3 is 2.54 bits per heavy atom. The molecule has 2 aliphatic heterocycles. The van der Waals surface area contributed by atoms with Crippen molar-refractivity contribution in [3.8, 4) is 0 Å². The number of likely N-dealkylation sites (N-methyl/N-ethyl adjacent to an activating group) is 1. The molecule has 1 fully saturated rings. The minimum atomic E-state index is 0.317. The maximum Gasteiger partial charge on any atom is 0.0642 e. The number of hydrogen-bond donors (Lipinski definition) is 0. The van der Waals surface area contributed by atoms with E-state index in [1.807, 2.05) is 0 Å². The molecule has 2 aliphatic rings. The van der Waals surface area contributed by atoms with Crippen molar-refractivity contribution in [3.63, 3.8) is 0 Å². The zero-order valence-corrected chi connectivity index (χ0v) is 16.6. The summed E-state index contributed by atoms with van der Waals surface area (Å²) in [6.07, 6.45) is 1.13. The van der Waals surface area contributed by atoms with Gasteiger partial charge in [0.25, 0.3) is 0 Å². The highest BCUT2D eigenvalue weighted by Crippen LogP contribution is 2.41. The van der Waals surface area contributed by atoms with E-state index < -0.39 is 0 Å². The van der Waals surface area contributed by atoms with Crippen LogP contribution in [-0.2, 0) is 11.2 Å². The Hall–Kier alpha value is -2.36. The van der Waals surface area contributed by atoms with Crippen LogP contribution in [0.4, 0.5) is 5.69 Å². The summed E-state index contributed by atoms with van der Waals surface area (Å²) in [7, 11) is 0. The Balaban J connectivity index is 1.66. The van der Waals surface area contributed by atoms with E-state index in [1.54, 1.807) is 0 Å². The van der Waals surface area contributed by atoms with Crippen LogP contribution in [0.15, 0.2) is 60.7 Å². The van der Waals surface area contributed by atoms with Crippen molar-refractivity contribution in [2.75, 3.05) is 44.3 Å². The number of anilines is 1. The van der Waals surface area contributed by atoms with Crippen molar-refractivity contribution in [2.24, 2.45) is 0 Å². The highest BCUT2D eigenvalue weighted by atomic mass is 16.5. The molecule has 5 rings (SSSR count). The van der Waals surface area contributed by atoms with Gasteiger partial charge in [0.05, 0.1) is 19.3 Å². The molecule has 0 radical (unpaired) electrons. The van der Waals surface area contributed by atoms with Gasteiger partial charge in [-0.1, -0.05) is 55.5 Å². The summed E-state index contributed by atoms with van der Waals surface area (Å²) >= 11 is 0. The molecule has 0 aromatic heterocycles. The van der Waals surface area contributed by atoms with E-state index in [2.05, 4.69) is 77.4 Å². The molecule has 0 spiro atoms. The summed E-state index contributed by atoms with van der Waals surface area (Å²) in [6, 6.07) is 22.9. The van der Waals surface area contributed by atoms with Gasteiger partial charge < -0.3 is 9.64 Å². The van der Waals surface area contributed by atoms with Crippen LogP contribution in [0.2, 0.25) is 0 Å². The molecule has 3 heteroatoms. The molecule has 0 aliphatic carbocycles. The monoisotopic (exact) mass is 372 g/mol. The van der Waals surface area contributed by atoms with Crippen LogP contribution in [-0.4, -0.2) is 44.3 Å². The summed E-state index contributed by atoms with van der Waals surface area (Å²) in [5, 5.41) is 2.64. The van der Waals surface area contributed by atoms with Gasteiger partial charge in [-0.05, 0) is 47.0 Å². The first-order valence-corrected chi connectivity index (χ1v) is 10.5. The lowest BCUT2D eigenvalue weighted by atomic mass is 9.85. The lowest BCUT2D eigenvalue weighted by molar-refractivity contribution is 0.122. The van der Waals surface area contributed by atoms with Crippen molar-refractivity contribution in [2.45, 2.75) is 19.4 Å². The number of rotatable bonds is 3. The normalized spacial score (nSPS) is 20.3. The first kappa shape index (κ1) is 17.7. The Morgan fingerprint density at radius 1 is 0.893 bits per heavy atom. The average molecular weight is 373 g/mol. The minimum absolute atomic E-state index is 0.317. The SMILES string of the molecule is CCN1CCc2cccc(N3CCOCC3)c2C1c1ccc2ccccc2c1. The Labute approximate surface area is 167 Å². The molecule has 2 heterocycles. The van der Waals surface area contributed by atoms with Gasteiger partial charge in [0.1, 0.15) is 0 Å². The van der Waals surface area contributed by atoms with E-state index in [4.69, 9.17) is 4.74 Å². The van der Waals surface area contributed by atoms with E-state index in [1.165, 1.54) is 33.2 Å². The highest BCUT2D eigenvalue weighted by Gasteiger charge is 2.31. The molecular weight excluding hydrogens is 344 g/mol. The molecule has 3 aromatic rings. The van der Waals surface area contributed by atoms with Gasteiger partial charge in [-0.2, -0.15) is 0 Å². The quantitative estimate of drug-likeness (QED) is 0.666. The third-order valence-electron chi connectivity index (χ3n) is 6.33. The summed E-state index contributed by atoms with van der Waals surface area (Å²) < 4.78 is 5.62. The fourth-order valence-corrected chi connectivity index (χ4v) is 4.88. The van der Waals surface area contributed by atoms with E-state index in [9.17, 15) is 0 Å². The zero-order valence-electron chi connectivity index (χ0n) is 16.6. The van der Waals surface area contributed by atoms with Gasteiger partial charge >= 0.3 is 0 Å². The zero-order chi connectivity index (χ0) is 18.9. The topological polar surface area (TPSA) is 15.7 Å². The Kier molecular flexibility index (Phi) is 4.79. The predicted molar refractivity (Wildman–Crippen MR) is 116 cm³/mol. The lowest BCUT2D eigenvalue weighted by Gasteiger charge is -2.41. The maximum absolute atomic E-state index is 5.62. The van der Waals surface area contributed by atoms with Crippen LogP contribution in [0.5, 0.6) is 0 Å². The van der Waals surface area contributed by atoms with Gasteiger partial charge in [0.15, 0.2) is 0 Å². The van der Waals surface area contributed by atoms with Crippen LogP contribution >= 0.6 is 0 Å². The second-order valence-electron chi connectivity index (χ2n) is 7.84. The fraction of sp³-hybridized carbons (Fsp3) is 0.360. The molecule has 3 aromatic carbocycles. The van der Waals surface area contributed by atoms with E-state index >= 15 is 0 Å². The Bertz CT molecular complexity index is 977. The smallest absolute Gasteiger partial charge is 0.0642 e. The number of benzene rings is 3. The Morgan fingerprint density at radius 2 is 1.71 bits per heavy atom. The standard InChI is InChI=1S/C25H28N2O/c1-2-26-13-12-20-8-5-9-23(27-14-16-28-17-15-27)24(20)25(26)22-11-10-19-6-3-4-7-21(19)18-22/h3-11,18,25H,2,12-17H2,1H3. The molecular formula is C25H28N2O. The minimum Gasteiger partial charge on any atom is -0.378 e. The summed E-state index contributed by atoms with van der Waals surface area (Å²) in [6.45, 7) is 8.07. The molecule has 3 nitrogen and oxygen atoms in total. The molecule has 144 valence electrons. The summed E-state index contributed by atoms with van der Waals surface area (Å²) in [5.41, 5.74) is 5.82. The number of hydrogen-bond acceptors (Lipinski definition) is 3. The molecule has 1 atom stereocenters. The van der Waals surface area contributed by atoms with Gasteiger partial charge in [0, 0.05) is 30.9 Å². The maximum atomic E-state index is 5.62. The lowest BCUT2D eigenvalue weighted by Crippen LogP contribution is -2.40. The van der Waals surface area contributed by atoms with Crippen LogP contribution < -0.4 is 4.90 Å². The van der Waals surface area contributed by atoms with Gasteiger partial charge in [-0.25, -0.2) is 0 Å². The van der Waals surface area contributed by atoms with Gasteiger partial charge in [0.2, 0.25) is 0 Å². The van der Waals surface area contributed by atoms with Crippen LogP contribution in [0, 0.1) is 0 Å². The van der Waals surface area contributed by atoms with Crippen molar-refractivity contribution in [3.05, 3.63) is 77.4 Å². The summed E-state index contributed by atoms with van der Waals surface area (Å²) in [5.74, 6) is 0. The van der Waals surface area contributed by atoms with Crippen molar-refractivity contribution < 1.29 is 4.74 Å². The van der Waals surface area contributed by atoms with Crippen LogP contribution in [0.3, 0.4) is 0 Å². The average Bonchev–Trinajstić information content (AvgIpc) is 2.78. The van der Waals surface area contributed by atoms with Crippen molar-refractivity contribution >= 4 is 16.5 Å². The molecule has 1 saturated heterocycles. The third-order valence-corrected chi connectivity index (χ3v) is 6.33. The van der Waals surface area contributed by atoms with E-state index in [0.717, 1.165) is 45.8 Å². The first-order chi connectivity index (χ1) is 13.8. The van der Waals surface area contributed by atoms with Crippen molar-refractivity contribution in [1.29, 1.82) is 0 Å². The predicted octanol–water partition coefficient (Wildman–Crippen LogP) is 4.64. The molecule has 0 N–H and O–H groups in total. The summed E-state index contributed by atoms with van der Waals surface area (Å²) in [4.78, 5) is 5.16. The molecule has 28 heavy (non-hydrogen) atoms. The van der Waals surface area contributed by atoms with E-state index in [0.29, 0.717) is 6.04 Å². The second kappa shape index (κ2) is 7.57. The number of fused-ring (bicyclic) bond motifs is 2. The molecule has 0 saturated carbocycles. The first-order valence-electron chi connectivity index (χ1n) is 10.5. The largest absolute Gasteiger partial charge is 0.378 e. The van der Waals surface area contributed by atoms with Gasteiger partial charge in [-0.3, -0.25) is 4.90 Å². The molecule has 0 amide bonds. The number of ether oxygens (including phenoxy) is 1. The molecule has 1 unspecified atom stereocenters. The second-order valence-corrected chi connectivity index (χ2v) is 7.84. The highest BCUT2D eigenvalue weighted by molar-refractivity contribution is 5.83. The number of morpholine rings is 1. The molecule has 0 bridgehead atoms. The fourth-order valence-electron chi connectivity index (χ4n) is 4.88. The van der Waals surface area contributed by atoms with Crippen LogP contribution in [0.1, 0.15) is 29.7 Å². The number of nitrogens with zero attached hydrogens (tertiary/aromatic N) is 2. The van der Waals surface area contributed by atoms with Crippen LogP contribution in [0.25, 0.3) is 10.8 Å². The third kappa shape index (κ3) is 3.09.